The number of amides is 1. The lowest BCUT2D eigenvalue weighted by atomic mass is 10.1. The fraction of sp³-hybridized carbons (Fsp3) is 0.138. The van der Waals surface area contributed by atoms with E-state index in [-0.39, 0.29) is 5.91 Å². The van der Waals surface area contributed by atoms with Crippen LogP contribution in [0.15, 0.2) is 91.5 Å². The van der Waals surface area contributed by atoms with Crippen molar-refractivity contribution >= 4 is 11.6 Å². The average Bonchev–Trinajstić information content (AvgIpc) is 3.69. The summed E-state index contributed by atoms with van der Waals surface area (Å²) in [5, 5.41) is 16.9. The van der Waals surface area contributed by atoms with E-state index >= 15 is 0 Å². The minimum Gasteiger partial charge on any atom is -0.348 e. The number of carbonyl (C=O) groups excluding carboxylic acids is 1. The van der Waals surface area contributed by atoms with Crippen LogP contribution in [0.2, 0.25) is 0 Å². The van der Waals surface area contributed by atoms with E-state index in [0.717, 1.165) is 46.0 Å². The van der Waals surface area contributed by atoms with Crippen LogP contribution in [0.3, 0.4) is 0 Å². The van der Waals surface area contributed by atoms with Crippen LogP contribution in [-0.4, -0.2) is 40.1 Å². The summed E-state index contributed by atoms with van der Waals surface area (Å²) >= 11 is 0. The van der Waals surface area contributed by atoms with Gasteiger partial charge in [0.25, 0.3) is 5.91 Å². The Kier molecular flexibility index (Phi) is 6.01. The third-order valence-electron chi connectivity index (χ3n) is 6.49. The molecule has 1 amide bonds. The summed E-state index contributed by atoms with van der Waals surface area (Å²) in [6, 6.07) is 21.8. The van der Waals surface area contributed by atoms with Crippen molar-refractivity contribution in [2.45, 2.75) is 26.9 Å². The Bertz CT molecular complexity index is 1730. The van der Waals surface area contributed by atoms with Crippen LogP contribution in [0, 0.1) is 6.92 Å². The Morgan fingerprint density at radius 2 is 1.71 bits per heavy atom. The second-order valence-corrected chi connectivity index (χ2v) is 8.94. The van der Waals surface area contributed by atoms with Crippen molar-refractivity contribution in [3.8, 4) is 28.2 Å². The summed E-state index contributed by atoms with van der Waals surface area (Å²) in [4.78, 5) is 17.8. The zero-order chi connectivity index (χ0) is 26.1. The first-order valence-corrected chi connectivity index (χ1v) is 12.5. The van der Waals surface area contributed by atoms with Crippen molar-refractivity contribution in [1.82, 2.24) is 39.5 Å². The molecule has 0 atom stereocenters. The van der Waals surface area contributed by atoms with Gasteiger partial charge in [0.1, 0.15) is 5.56 Å². The van der Waals surface area contributed by atoms with Gasteiger partial charge < -0.3 is 5.32 Å². The molecule has 0 aliphatic rings. The van der Waals surface area contributed by atoms with Crippen LogP contribution in [0.25, 0.3) is 33.8 Å². The first-order chi connectivity index (χ1) is 18.6. The molecule has 0 saturated carbocycles. The third kappa shape index (κ3) is 4.24. The number of nitrogens with zero attached hydrogens (tertiary/aromatic N) is 7. The normalized spacial score (nSPS) is 11.2. The van der Waals surface area contributed by atoms with Gasteiger partial charge in [0.15, 0.2) is 5.65 Å². The lowest BCUT2D eigenvalue weighted by molar-refractivity contribution is 0.0952. The van der Waals surface area contributed by atoms with E-state index in [1.54, 1.807) is 16.9 Å². The molecule has 0 aliphatic carbocycles. The van der Waals surface area contributed by atoms with E-state index in [9.17, 15) is 4.79 Å². The maximum atomic E-state index is 13.3. The van der Waals surface area contributed by atoms with Crippen LogP contribution in [0.5, 0.6) is 0 Å². The fourth-order valence-corrected chi connectivity index (χ4v) is 4.55. The predicted molar refractivity (Wildman–Crippen MR) is 145 cm³/mol. The molecular weight excluding hydrogens is 476 g/mol. The number of para-hydroxylation sites is 1. The smallest absolute Gasteiger partial charge is 0.257 e. The Labute approximate surface area is 219 Å². The molecule has 0 spiro atoms. The number of carbonyl (C=O) groups is 1. The number of nitrogens with one attached hydrogen (secondary N) is 1. The van der Waals surface area contributed by atoms with Crippen molar-refractivity contribution in [2.75, 3.05) is 0 Å². The van der Waals surface area contributed by atoms with E-state index in [2.05, 4.69) is 20.5 Å². The zero-order valence-corrected chi connectivity index (χ0v) is 21.1. The summed E-state index contributed by atoms with van der Waals surface area (Å²) in [7, 11) is 0. The molecule has 6 rings (SSSR count). The van der Waals surface area contributed by atoms with Gasteiger partial charge in [-0.15, -0.1) is 0 Å². The van der Waals surface area contributed by atoms with E-state index in [1.165, 1.54) is 0 Å². The Morgan fingerprint density at radius 1 is 0.947 bits per heavy atom. The SMILES string of the molecule is CCn1cc(-c2ccnc3c(C(=O)NCc4cn(-c5ccccc5)nc4-c4ccccc4)cnn23)c(C)n1. The molecule has 188 valence electrons. The highest BCUT2D eigenvalue weighted by atomic mass is 16.1. The summed E-state index contributed by atoms with van der Waals surface area (Å²) in [6.07, 6.45) is 7.20. The van der Waals surface area contributed by atoms with Gasteiger partial charge in [0, 0.05) is 48.4 Å². The van der Waals surface area contributed by atoms with Gasteiger partial charge in [-0.25, -0.2) is 14.2 Å². The number of aromatic nitrogens is 7. The quantitative estimate of drug-likeness (QED) is 0.341. The van der Waals surface area contributed by atoms with Crippen LogP contribution in [0.1, 0.15) is 28.5 Å². The maximum Gasteiger partial charge on any atom is 0.257 e. The molecule has 0 unspecified atom stereocenters. The number of aryl methyl sites for hydroxylation is 2. The van der Waals surface area contributed by atoms with E-state index in [1.807, 2.05) is 102 Å². The van der Waals surface area contributed by atoms with Crippen LogP contribution in [0.4, 0.5) is 0 Å². The van der Waals surface area contributed by atoms with Gasteiger partial charge >= 0.3 is 0 Å². The third-order valence-corrected chi connectivity index (χ3v) is 6.49. The monoisotopic (exact) mass is 502 g/mol. The molecule has 9 nitrogen and oxygen atoms in total. The summed E-state index contributed by atoms with van der Waals surface area (Å²) in [5.74, 6) is -0.253. The van der Waals surface area contributed by atoms with Gasteiger partial charge in [-0.05, 0) is 32.0 Å². The molecule has 4 heterocycles. The number of hydrogen-bond acceptors (Lipinski definition) is 5. The Morgan fingerprint density at radius 3 is 2.45 bits per heavy atom. The summed E-state index contributed by atoms with van der Waals surface area (Å²) < 4.78 is 5.42. The molecule has 0 fully saturated rings. The van der Waals surface area contributed by atoms with Crippen LogP contribution in [-0.2, 0) is 13.1 Å². The molecule has 9 heteroatoms. The summed E-state index contributed by atoms with van der Waals surface area (Å²) in [6.45, 7) is 5.08. The first kappa shape index (κ1) is 23.4. The molecule has 4 aromatic heterocycles. The molecule has 0 saturated heterocycles. The van der Waals surface area contributed by atoms with Crippen molar-refractivity contribution < 1.29 is 4.79 Å². The largest absolute Gasteiger partial charge is 0.348 e. The van der Waals surface area contributed by atoms with E-state index < -0.39 is 0 Å². The van der Waals surface area contributed by atoms with Crippen molar-refractivity contribution in [2.24, 2.45) is 0 Å². The van der Waals surface area contributed by atoms with E-state index in [0.29, 0.717) is 17.8 Å². The highest BCUT2D eigenvalue weighted by Crippen LogP contribution is 2.25. The minimum absolute atomic E-state index is 0.253. The molecule has 38 heavy (non-hydrogen) atoms. The Balaban J connectivity index is 1.30. The van der Waals surface area contributed by atoms with Crippen molar-refractivity contribution in [3.63, 3.8) is 0 Å². The molecule has 1 N–H and O–H groups in total. The molecule has 0 aliphatic heterocycles. The van der Waals surface area contributed by atoms with Gasteiger partial charge in [-0.3, -0.25) is 9.48 Å². The Hall–Kier alpha value is -5.05. The number of benzene rings is 2. The van der Waals surface area contributed by atoms with Gasteiger partial charge in [0.2, 0.25) is 0 Å². The zero-order valence-electron chi connectivity index (χ0n) is 21.1. The van der Waals surface area contributed by atoms with Crippen molar-refractivity contribution in [1.29, 1.82) is 0 Å². The second kappa shape index (κ2) is 9.78. The fourth-order valence-electron chi connectivity index (χ4n) is 4.55. The van der Waals surface area contributed by atoms with Crippen LogP contribution < -0.4 is 5.32 Å². The highest BCUT2D eigenvalue weighted by Gasteiger charge is 2.19. The predicted octanol–water partition coefficient (Wildman–Crippen LogP) is 4.70. The van der Waals surface area contributed by atoms with Crippen molar-refractivity contribution in [3.05, 3.63) is 108 Å². The summed E-state index contributed by atoms with van der Waals surface area (Å²) in [5.41, 5.74) is 7.23. The molecule has 0 radical (unpaired) electrons. The average molecular weight is 503 g/mol. The first-order valence-electron chi connectivity index (χ1n) is 12.5. The minimum atomic E-state index is -0.253. The second-order valence-electron chi connectivity index (χ2n) is 8.94. The standard InChI is InChI=1S/C29H26N8O/c1-3-35-19-25(20(2)33-35)26-14-15-30-28-24(17-32-37(26)28)29(38)31-16-22-18-36(23-12-8-5-9-13-23)34-27(22)21-10-6-4-7-11-21/h4-15,17-19H,3,16H2,1-2H3,(H,31,38). The van der Waals surface area contributed by atoms with Gasteiger partial charge in [0.05, 0.1) is 29.0 Å². The molecule has 2 aromatic carbocycles. The molecular formula is C29H26N8O. The topological polar surface area (TPSA) is 94.9 Å². The van der Waals surface area contributed by atoms with E-state index in [4.69, 9.17) is 5.10 Å². The number of rotatable bonds is 7. The van der Waals surface area contributed by atoms with Gasteiger partial charge in [-0.1, -0.05) is 48.5 Å². The number of fused-ring (bicyclic) bond motifs is 1. The highest BCUT2D eigenvalue weighted by molar-refractivity contribution is 6.00. The number of hydrogen-bond donors (Lipinski definition) is 1. The maximum absolute atomic E-state index is 13.3. The molecule has 6 aromatic rings. The lowest BCUT2D eigenvalue weighted by Crippen LogP contribution is -2.23. The van der Waals surface area contributed by atoms with Crippen LogP contribution >= 0.6 is 0 Å². The molecule has 0 bridgehead atoms. The lowest BCUT2D eigenvalue weighted by Gasteiger charge is -2.06. The van der Waals surface area contributed by atoms with Gasteiger partial charge in [-0.2, -0.15) is 15.3 Å².